The molecule has 2 heterocycles. The summed E-state index contributed by atoms with van der Waals surface area (Å²) in [6, 6.07) is 15.1. The normalized spacial score (nSPS) is 13.5. The molecule has 7 nitrogen and oxygen atoms in total. The van der Waals surface area contributed by atoms with Gasteiger partial charge in [-0.1, -0.05) is 30.4 Å². The van der Waals surface area contributed by atoms with Crippen molar-refractivity contribution >= 4 is 34.1 Å². The fourth-order valence-corrected chi connectivity index (χ4v) is 3.67. The van der Waals surface area contributed by atoms with Gasteiger partial charge in [-0.25, -0.2) is 0 Å². The quantitative estimate of drug-likeness (QED) is 0.516. The maximum atomic E-state index is 13.0. The minimum absolute atomic E-state index is 0.0758. The molecule has 31 heavy (non-hydrogen) atoms. The lowest BCUT2D eigenvalue weighted by atomic mass is 10.1. The molecule has 0 bridgehead atoms. The van der Waals surface area contributed by atoms with Crippen LogP contribution in [0.5, 0.6) is 0 Å². The number of para-hydroxylation sites is 2. The van der Waals surface area contributed by atoms with Crippen LogP contribution in [0.2, 0.25) is 0 Å². The zero-order chi connectivity index (χ0) is 21.8. The van der Waals surface area contributed by atoms with Crippen LogP contribution in [0.3, 0.4) is 0 Å². The van der Waals surface area contributed by atoms with E-state index in [1.807, 2.05) is 61.1 Å². The first-order chi connectivity index (χ1) is 15.0. The van der Waals surface area contributed by atoms with Crippen LogP contribution in [0.4, 0.5) is 11.4 Å². The summed E-state index contributed by atoms with van der Waals surface area (Å²) in [7, 11) is 4.05. The van der Waals surface area contributed by atoms with Crippen LogP contribution in [0.15, 0.2) is 60.7 Å². The van der Waals surface area contributed by atoms with Crippen molar-refractivity contribution in [3.63, 3.8) is 0 Å². The standard InChI is InChI=1S/C24H27N5O2/c1-28(2)13-6-5-11-25-19-7-3-4-8-20(19)27-23(30)18-10-9-17-15-22-24(31)26-12-14-29(22)21(17)16-18/h3-10,15-16,25H,11-14H2,1-2H3,(H,26,31)(H,27,30)/b6-5+. The number of nitrogens with one attached hydrogen (secondary N) is 3. The average Bonchev–Trinajstić information content (AvgIpc) is 3.14. The van der Waals surface area contributed by atoms with Crippen LogP contribution in [0.25, 0.3) is 10.9 Å². The second-order valence-corrected chi connectivity index (χ2v) is 7.82. The van der Waals surface area contributed by atoms with E-state index in [1.165, 1.54) is 0 Å². The van der Waals surface area contributed by atoms with Gasteiger partial charge < -0.3 is 25.4 Å². The van der Waals surface area contributed by atoms with E-state index in [-0.39, 0.29) is 11.8 Å². The largest absolute Gasteiger partial charge is 0.380 e. The molecular weight excluding hydrogens is 390 g/mol. The molecule has 0 spiro atoms. The molecular formula is C24H27N5O2. The Morgan fingerprint density at radius 1 is 1.13 bits per heavy atom. The van der Waals surface area contributed by atoms with Crippen LogP contribution in [0, 0.1) is 0 Å². The highest BCUT2D eigenvalue weighted by Crippen LogP contribution is 2.25. The van der Waals surface area contributed by atoms with E-state index in [0.29, 0.717) is 30.9 Å². The van der Waals surface area contributed by atoms with Crippen molar-refractivity contribution in [3.8, 4) is 0 Å². The van der Waals surface area contributed by atoms with Gasteiger partial charge in [-0.15, -0.1) is 0 Å². The highest BCUT2D eigenvalue weighted by molar-refractivity contribution is 6.08. The first-order valence-electron chi connectivity index (χ1n) is 10.4. The maximum Gasteiger partial charge on any atom is 0.268 e. The van der Waals surface area contributed by atoms with Crippen LogP contribution in [-0.4, -0.2) is 55.0 Å². The molecule has 1 aliphatic heterocycles. The van der Waals surface area contributed by atoms with Gasteiger partial charge in [0.15, 0.2) is 0 Å². The van der Waals surface area contributed by atoms with E-state index in [4.69, 9.17) is 0 Å². The molecule has 3 aromatic rings. The number of fused-ring (bicyclic) bond motifs is 3. The van der Waals surface area contributed by atoms with E-state index >= 15 is 0 Å². The van der Waals surface area contributed by atoms with E-state index in [2.05, 4.69) is 33.0 Å². The lowest BCUT2D eigenvalue weighted by molar-refractivity contribution is 0.0928. The smallest absolute Gasteiger partial charge is 0.268 e. The van der Waals surface area contributed by atoms with E-state index in [0.717, 1.165) is 28.8 Å². The third-order valence-electron chi connectivity index (χ3n) is 5.24. The second-order valence-electron chi connectivity index (χ2n) is 7.82. The van der Waals surface area contributed by atoms with E-state index in [9.17, 15) is 9.59 Å². The number of hydrogen-bond acceptors (Lipinski definition) is 4. The Morgan fingerprint density at radius 3 is 2.74 bits per heavy atom. The summed E-state index contributed by atoms with van der Waals surface area (Å²) in [6.07, 6.45) is 4.17. The number of nitrogens with zero attached hydrogens (tertiary/aromatic N) is 2. The molecule has 7 heteroatoms. The van der Waals surface area contributed by atoms with Gasteiger partial charge in [0.05, 0.1) is 11.4 Å². The zero-order valence-electron chi connectivity index (χ0n) is 17.8. The lowest BCUT2D eigenvalue weighted by Gasteiger charge is -2.16. The van der Waals surface area contributed by atoms with Crippen LogP contribution < -0.4 is 16.0 Å². The third kappa shape index (κ3) is 4.62. The summed E-state index contributed by atoms with van der Waals surface area (Å²) in [5, 5.41) is 10.2. The van der Waals surface area contributed by atoms with Crippen molar-refractivity contribution in [1.82, 2.24) is 14.8 Å². The number of benzene rings is 2. The summed E-state index contributed by atoms with van der Waals surface area (Å²) in [5.41, 5.74) is 3.68. The molecule has 0 aliphatic carbocycles. The zero-order valence-corrected chi connectivity index (χ0v) is 17.8. The van der Waals surface area contributed by atoms with Gasteiger partial charge in [0.25, 0.3) is 11.8 Å². The van der Waals surface area contributed by atoms with Crippen molar-refractivity contribution in [2.45, 2.75) is 6.54 Å². The van der Waals surface area contributed by atoms with Crippen molar-refractivity contribution in [3.05, 3.63) is 71.9 Å². The van der Waals surface area contributed by atoms with Gasteiger partial charge in [-0.3, -0.25) is 9.59 Å². The predicted molar refractivity (Wildman–Crippen MR) is 125 cm³/mol. The molecule has 0 saturated carbocycles. The topological polar surface area (TPSA) is 78.4 Å². The van der Waals surface area contributed by atoms with Crippen LogP contribution >= 0.6 is 0 Å². The molecule has 0 atom stereocenters. The summed E-state index contributed by atoms with van der Waals surface area (Å²) in [6.45, 7) is 2.84. The van der Waals surface area contributed by atoms with Gasteiger partial charge >= 0.3 is 0 Å². The van der Waals surface area contributed by atoms with Gasteiger partial charge in [0, 0.05) is 42.6 Å². The fourth-order valence-electron chi connectivity index (χ4n) is 3.67. The molecule has 4 rings (SSSR count). The average molecular weight is 418 g/mol. The molecule has 0 radical (unpaired) electrons. The predicted octanol–water partition coefficient (Wildman–Crippen LogP) is 3.17. The fraction of sp³-hybridized carbons (Fsp3) is 0.250. The minimum atomic E-state index is -0.185. The van der Waals surface area contributed by atoms with Crippen molar-refractivity contribution < 1.29 is 9.59 Å². The molecule has 160 valence electrons. The molecule has 0 saturated heterocycles. The highest BCUT2D eigenvalue weighted by Gasteiger charge is 2.20. The summed E-state index contributed by atoms with van der Waals surface area (Å²) in [5.74, 6) is -0.261. The first-order valence-corrected chi connectivity index (χ1v) is 10.4. The van der Waals surface area contributed by atoms with E-state index < -0.39 is 0 Å². The molecule has 0 unspecified atom stereocenters. The summed E-state index contributed by atoms with van der Waals surface area (Å²) < 4.78 is 1.97. The number of anilines is 2. The summed E-state index contributed by atoms with van der Waals surface area (Å²) >= 11 is 0. The van der Waals surface area contributed by atoms with Crippen LogP contribution in [0.1, 0.15) is 20.8 Å². The number of carbonyl (C=O) groups is 2. The van der Waals surface area contributed by atoms with Gasteiger partial charge in [-0.2, -0.15) is 0 Å². The lowest BCUT2D eigenvalue weighted by Crippen LogP contribution is -2.34. The van der Waals surface area contributed by atoms with Crippen LogP contribution in [-0.2, 0) is 6.54 Å². The second kappa shape index (κ2) is 9.06. The Morgan fingerprint density at radius 2 is 1.94 bits per heavy atom. The number of amides is 2. The van der Waals surface area contributed by atoms with Gasteiger partial charge in [0.1, 0.15) is 5.69 Å². The number of hydrogen-bond donors (Lipinski definition) is 3. The SMILES string of the molecule is CN(C)C/C=C/CNc1ccccc1NC(=O)c1ccc2cc3n(c2c1)CCNC3=O. The number of aromatic nitrogens is 1. The number of carbonyl (C=O) groups excluding carboxylic acids is 2. The van der Waals surface area contributed by atoms with Crippen molar-refractivity contribution in [1.29, 1.82) is 0 Å². The summed E-state index contributed by atoms with van der Waals surface area (Å²) in [4.78, 5) is 27.1. The molecule has 1 aromatic heterocycles. The Labute approximate surface area is 181 Å². The first kappa shape index (κ1) is 20.7. The van der Waals surface area contributed by atoms with Gasteiger partial charge in [-0.05, 0) is 44.4 Å². The molecule has 2 amide bonds. The monoisotopic (exact) mass is 417 g/mol. The number of rotatable bonds is 7. The molecule has 1 aliphatic rings. The van der Waals surface area contributed by atoms with E-state index in [1.54, 1.807) is 6.07 Å². The Balaban J connectivity index is 1.50. The number of likely N-dealkylation sites (N-methyl/N-ethyl adjacent to an activating group) is 1. The van der Waals surface area contributed by atoms with Crippen molar-refractivity contribution in [2.24, 2.45) is 0 Å². The van der Waals surface area contributed by atoms with Gasteiger partial charge in [0.2, 0.25) is 0 Å². The highest BCUT2D eigenvalue weighted by atomic mass is 16.2. The van der Waals surface area contributed by atoms with Crippen molar-refractivity contribution in [2.75, 3.05) is 44.4 Å². The maximum absolute atomic E-state index is 13.0. The molecule has 2 aromatic carbocycles. The Hall–Kier alpha value is -3.58. The molecule has 0 fully saturated rings. The Bertz CT molecular complexity index is 1150. The Kier molecular flexibility index (Phi) is 6.04. The molecule has 3 N–H and O–H groups in total. The third-order valence-corrected chi connectivity index (χ3v) is 5.24. The minimum Gasteiger partial charge on any atom is -0.380 e.